The van der Waals surface area contributed by atoms with Gasteiger partial charge in [-0.05, 0) is 30.2 Å². The van der Waals surface area contributed by atoms with Gasteiger partial charge >= 0.3 is 5.97 Å². The predicted octanol–water partition coefficient (Wildman–Crippen LogP) is 0.435. The van der Waals surface area contributed by atoms with E-state index in [1.54, 1.807) is 6.92 Å². The van der Waals surface area contributed by atoms with Gasteiger partial charge in [0.05, 0.1) is 4.90 Å². The van der Waals surface area contributed by atoms with E-state index in [4.69, 9.17) is 5.11 Å². The molecule has 3 N–H and O–H groups in total. The molecule has 116 valence electrons. The summed E-state index contributed by atoms with van der Waals surface area (Å²) in [5.41, 5.74) is 0.357. The Morgan fingerprint density at radius 3 is 2.29 bits per heavy atom. The van der Waals surface area contributed by atoms with E-state index in [1.165, 1.54) is 31.3 Å². The van der Waals surface area contributed by atoms with Crippen LogP contribution in [-0.4, -0.2) is 39.0 Å². The summed E-state index contributed by atoms with van der Waals surface area (Å²) < 4.78 is 26.4. The standard InChI is InChI=1S/C13H18N2O5S/c1-9(7-12(16)17)8-15-21(19,20)11-5-3-10(4-6-11)13(18)14-2/h3-6,9,15H,7-8H2,1-2H3,(H,14,18)(H,16,17). The molecular formula is C13H18N2O5S. The van der Waals surface area contributed by atoms with Crippen LogP contribution in [0.4, 0.5) is 0 Å². The van der Waals surface area contributed by atoms with Gasteiger partial charge in [-0.3, -0.25) is 9.59 Å². The number of hydrogen-bond donors (Lipinski definition) is 3. The van der Waals surface area contributed by atoms with E-state index < -0.39 is 16.0 Å². The predicted molar refractivity (Wildman–Crippen MR) is 76.4 cm³/mol. The van der Waals surface area contributed by atoms with Crippen LogP contribution in [0.25, 0.3) is 0 Å². The zero-order chi connectivity index (χ0) is 16.0. The van der Waals surface area contributed by atoms with Crippen molar-refractivity contribution in [3.63, 3.8) is 0 Å². The maximum Gasteiger partial charge on any atom is 0.303 e. The summed E-state index contributed by atoms with van der Waals surface area (Å²) in [4.78, 5) is 21.9. The van der Waals surface area contributed by atoms with Gasteiger partial charge in [0.1, 0.15) is 0 Å². The minimum atomic E-state index is -3.71. The molecule has 0 aliphatic heterocycles. The first-order valence-corrected chi connectivity index (χ1v) is 7.78. The van der Waals surface area contributed by atoms with Gasteiger partial charge in [0.2, 0.25) is 10.0 Å². The summed E-state index contributed by atoms with van der Waals surface area (Å²) in [5, 5.41) is 11.1. The first-order chi connectivity index (χ1) is 9.76. The molecule has 1 unspecified atom stereocenters. The number of sulfonamides is 1. The Balaban J connectivity index is 2.74. The van der Waals surface area contributed by atoms with Crippen LogP contribution in [0.1, 0.15) is 23.7 Å². The fourth-order valence-electron chi connectivity index (χ4n) is 1.64. The number of carbonyl (C=O) groups excluding carboxylic acids is 1. The summed E-state index contributed by atoms with van der Waals surface area (Å²) in [6.45, 7) is 1.68. The van der Waals surface area contributed by atoms with Crippen molar-refractivity contribution in [3.8, 4) is 0 Å². The maximum absolute atomic E-state index is 12.0. The normalized spacial score (nSPS) is 12.7. The number of rotatable bonds is 7. The van der Waals surface area contributed by atoms with Gasteiger partial charge in [-0.15, -0.1) is 0 Å². The molecule has 7 nitrogen and oxygen atoms in total. The van der Waals surface area contributed by atoms with E-state index in [0.29, 0.717) is 5.56 Å². The lowest BCUT2D eigenvalue weighted by atomic mass is 10.1. The molecule has 1 aromatic carbocycles. The molecule has 0 radical (unpaired) electrons. The molecule has 0 saturated carbocycles. The van der Waals surface area contributed by atoms with Gasteiger partial charge in [0.15, 0.2) is 0 Å². The van der Waals surface area contributed by atoms with Crippen LogP contribution >= 0.6 is 0 Å². The third kappa shape index (κ3) is 5.16. The van der Waals surface area contributed by atoms with Crippen LogP contribution in [0.3, 0.4) is 0 Å². The Kier molecular flexibility index (Phi) is 5.86. The van der Waals surface area contributed by atoms with Crippen molar-refractivity contribution in [1.82, 2.24) is 10.0 Å². The average molecular weight is 314 g/mol. The van der Waals surface area contributed by atoms with Crippen LogP contribution in [0.2, 0.25) is 0 Å². The van der Waals surface area contributed by atoms with Crippen molar-refractivity contribution in [3.05, 3.63) is 29.8 Å². The first-order valence-electron chi connectivity index (χ1n) is 6.30. The second kappa shape index (κ2) is 7.19. The van der Waals surface area contributed by atoms with E-state index in [9.17, 15) is 18.0 Å². The number of aliphatic carboxylic acids is 1. The molecule has 1 amide bonds. The number of hydrogen-bond acceptors (Lipinski definition) is 4. The largest absolute Gasteiger partial charge is 0.481 e. The van der Waals surface area contributed by atoms with Crippen molar-refractivity contribution in [2.75, 3.05) is 13.6 Å². The molecule has 0 saturated heterocycles. The van der Waals surface area contributed by atoms with Gasteiger partial charge in [-0.1, -0.05) is 6.92 Å². The fraction of sp³-hybridized carbons (Fsp3) is 0.385. The van der Waals surface area contributed by atoms with Crippen molar-refractivity contribution in [2.45, 2.75) is 18.2 Å². The second-order valence-electron chi connectivity index (χ2n) is 4.66. The topological polar surface area (TPSA) is 113 Å². The van der Waals surface area contributed by atoms with Crippen LogP contribution in [-0.2, 0) is 14.8 Å². The molecule has 0 aliphatic carbocycles. The summed E-state index contributed by atoms with van der Waals surface area (Å²) in [6.07, 6.45) is -0.113. The van der Waals surface area contributed by atoms with Gasteiger partial charge in [-0.2, -0.15) is 0 Å². The summed E-state index contributed by atoms with van der Waals surface area (Å²) >= 11 is 0. The second-order valence-corrected chi connectivity index (χ2v) is 6.43. The highest BCUT2D eigenvalue weighted by molar-refractivity contribution is 7.89. The Morgan fingerprint density at radius 1 is 1.24 bits per heavy atom. The lowest BCUT2D eigenvalue weighted by Gasteiger charge is -2.11. The van der Waals surface area contributed by atoms with Crippen molar-refractivity contribution in [1.29, 1.82) is 0 Å². The highest BCUT2D eigenvalue weighted by Gasteiger charge is 2.17. The molecule has 21 heavy (non-hydrogen) atoms. The molecule has 1 aromatic rings. The zero-order valence-electron chi connectivity index (χ0n) is 11.8. The molecule has 0 aliphatic rings. The number of benzene rings is 1. The van der Waals surface area contributed by atoms with E-state index in [2.05, 4.69) is 10.0 Å². The van der Waals surface area contributed by atoms with Crippen molar-refractivity contribution in [2.24, 2.45) is 5.92 Å². The number of carboxylic acid groups (broad SMARTS) is 1. The van der Waals surface area contributed by atoms with Crippen LogP contribution < -0.4 is 10.0 Å². The Morgan fingerprint density at radius 2 is 1.81 bits per heavy atom. The van der Waals surface area contributed by atoms with E-state index in [1.807, 2.05) is 0 Å². The van der Waals surface area contributed by atoms with Gasteiger partial charge in [-0.25, -0.2) is 13.1 Å². The fourth-order valence-corrected chi connectivity index (χ4v) is 2.80. The van der Waals surface area contributed by atoms with Crippen molar-refractivity contribution >= 4 is 21.9 Å². The monoisotopic (exact) mass is 314 g/mol. The molecule has 0 spiro atoms. The van der Waals surface area contributed by atoms with Crippen LogP contribution in [0, 0.1) is 5.92 Å². The highest BCUT2D eigenvalue weighted by Crippen LogP contribution is 2.11. The van der Waals surface area contributed by atoms with Crippen LogP contribution in [0.5, 0.6) is 0 Å². The summed E-state index contributed by atoms with van der Waals surface area (Å²) in [7, 11) is -2.23. The van der Waals surface area contributed by atoms with Crippen LogP contribution in [0.15, 0.2) is 29.2 Å². The minimum absolute atomic E-state index is 0.0256. The SMILES string of the molecule is CNC(=O)c1ccc(S(=O)(=O)NCC(C)CC(=O)O)cc1. The Bertz CT molecular complexity index is 610. The third-order valence-electron chi connectivity index (χ3n) is 2.80. The van der Waals surface area contributed by atoms with Gasteiger partial charge in [0.25, 0.3) is 5.91 Å². The number of amides is 1. The third-order valence-corrected chi connectivity index (χ3v) is 4.24. The first kappa shape index (κ1) is 17.1. The lowest BCUT2D eigenvalue weighted by molar-refractivity contribution is -0.137. The maximum atomic E-state index is 12.0. The molecule has 0 heterocycles. The zero-order valence-corrected chi connectivity index (χ0v) is 12.6. The van der Waals surface area contributed by atoms with E-state index in [0.717, 1.165) is 0 Å². The van der Waals surface area contributed by atoms with Gasteiger partial charge in [0, 0.05) is 25.6 Å². The van der Waals surface area contributed by atoms with Gasteiger partial charge < -0.3 is 10.4 Å². The number of carboxylic acids is 1. The minimum Gasteiger partial charge on any atom is -0.481 e. The molecular weight excluding hydrogens is 296 g/mol. The molecule has 0 aromatic heterocycles. The number of carbonyl (C=O) groups is 2. The average Bonchev–Trinajstić information content (AvgIpc) is 2.44. The lowest BCUT2D eigenvalue weighted by Crippen LogP contribution is -2.29. The quantitative estimate of drug-likeness (QED) is 0.676. The summed E-state index contributed by atoms with van der Waals surface area (Å²) in [6, 6.07) is 5.48. The van der Waals surface area contributed by atoms with E-state index in [-0.39, 0.29) is 29.7 Å². The molecule has 0 bridgehead atoms. The molecule has 1 atom stereocenters. The smallest absolute Gasteiger partial charge is 0.303 e. The molecule has 1 rings (SSSR count). The Hall–Kier alpha value is -1.93. The Labute approximate surface area is 123 Å². The number of nitrogens with one attached hydrogen (secondary N) is 2. The van der Waals surface area contributed by atoms with E-state index >= 15 is 0 Å². The molecule has 0 fully saturated rings. The summed E-state index contributed by atoms with van der Waals surface area (Å²) in [5.74, 6) is -1.60. The molecule has 8 heteroatoms. The highest BCUT2D eigenvalue weighted by atomic mass is 32.2. The van der Waals surface area contributed by atoms with Crippen molar-refractivity contribution < 1.29 is 23.1 Å².